The highest BCUT2D eigenvalue weighted by atomic mass is 15.4. The number of pyridine rings is 1. The summed E-state index contributed by atoms with van der Waals surface area (Å²) < 4.78 is 1.72. The predicted molar refractivity (Wildman–Crippen MR) is 94.6 cm³/mol. The number of para-hydroxylation sites is 1. The summed E-state index contributed by atoms with van der Waals surface area (Å²) >= 11 is 0. The summed E-state index contributed by atoms with van der Waals surface area (Å²) in [7, 11) is 3.91. The molecule has 0 atom stereocenters. The van der Waals surface area contributed by atoms with Crippen molar-refractivity contribution < 1.29 is 0 Å². The monoisotopic (exact) mass is 310 g/mol. The quantitative estimate of drug-likeness (QED) is 0.799. The molecule has 1 N–H and O–H groups in total. The molecule has 23 heavy (non-hydrogen) atoms. The number of nitrogens with one attached hydrogen (secondary N) is 1. The van der Waals surface area contributed by atoms with Crippen molar-refractivity contribution in [2.24, 2.45) is 0 Å². The van der Waals surface area contributed by atoms with E-state index in [0.29, 0.717) is 5.95 Å². The largest absolute Gasteiger partial charge is 0.363 e. The Kier molecular flexibility index (Phi) is 5.68. The minimum atomic E-state index is 0.560. The summed E-state index contributed by atoms with van der Waals surface area (Å²) in [6.07, 6.45) is 3.44. The molecule has 1 aromatic carbocycles. The molecule has 0 saturated heterocycles. The van der Waals surface area contributed by atoms with Gasteiger partial charge in [-0.1, -0.05) is 32.0 Å². The first-order chi connectivity index (χ1) is 11.2. The summed E-state index contributed by atoms with van der Waals surface area (Å²) in [5, 5.41) is 7.59. The van der Waals surface area contributed by atoms with Crippen molar-refractivity contribution in [3.05, 3.63) is 55.0 Å². The van der Waals surface area contributed by atoms with Crippen LogP contribution in [0.1, 0.15) is 13.8 Å². The summed E-state index contributed by atoms with van der Waals surface area (Å²) in [6.45, 7) is 4.00. The van der Waals surface area contributed by atoms with Crippen LogP contribution in [0.25, 0.3) is 5.69 Å². The van der Waals surface area contributed by atoms with Gasteiger partial charge in [0.2, 0.25) is 5.95 Å². The number of hydrogen-bond donors (Lipinski definition) is 1. The van der Waals surface area contributed by atoms with Crippen molar-refractivity contribution in [3.63, 3.8) is 0 Å². The number of hydrogen-bond acceptors (Lipinski definition) is 5. The minimum Gasteiger partial charge on any atom is -0.363 e. The summed E-state index contributed by atoms with van der Waals surface area (Å²) in [5.41, 5.74) is 1.88. The number of nitrogens with zero attached hydrogens (tertiary/aromatic N) is 5. The molecule has 0 spiro atoms. The lowest BCUT2D eigenvalue weighted by atomic mass is 10.3. The van der Waals surface area contributed by atoms with E-state index < -0.39 is 0 Å². The van der Waals surface area contributed by atoms with Crippen LogP contribution in [0.5, 0.6) is 0 Å². The maximum Gasteiger partial charge on any atom is 0.246 e. The van der Waals surface area contributed by atoms with Gasteiger partial charge in [-0.15, -0.1) is 5.10 Å². The standard InChI is InChI=1S/C15H16N6.C2H6/c1-20(2)14-10-13(8-9-16-14)21-11-17-15(19-21)18-12-6-4-3-5-7-12;1-2/h3-11H,1-2H3,(H,18,19);1-2H3. The van der Waals surface area contributed by atoms with E-state index in [1.165, 1.54) is 0 Å². The van der Waals surface area contributed by atoms with Crippen LogP contribution < -0.4 is 10.2 Å². The van der Waals surface area contributed by atoms with Gasteiger partial charge in [0, 0.05) is 32.0 Å². The fraction of sp³-hybridized carbons (Fsp3) is 0.235. The van der Waals surface area contributed by atoms with Gasteiger partial charge in [0.25, 0.3) is 0 Å². The third-order valence-corrected chi connectivity index (χ3v) is 2.97. The topological polar surface area (TPSA) is 58.9 Å². The van der Waals surface area contributed by atoms with Gasteiger partial charge in [-0.2, -0.15) is 4.98 Å². The summed E-state index contributed by atoms with van der Waals surface area (Å²) in [5.74, 6) is 1.44. The Labute approximate surface area is 136 Å². The van der Waals surface area contributed by atoms with Gasteiger partial charge in [-0.3, -0.25) is 0 Å². The van der Waals surface area contributed by atoms with Gasteiger partial charge >= 0.3 is 0 Å². The second kappa shape index (κ2) is 7.93. The van der Waals surface area contributed by atoms with E-state index in [9.17, 15) is 0 Å². The smallest absolute Gasteiger partial charge is 0.246 e. The molecule has 0 saturated carbocycles. The molecular weight excluding hydrogens is 288 g/mol. The molecule has 0 fully saturated rings. The van der Waals surface area contributed by atoms with E-state index in [-0.39, 0.29) is 0 Å². The molecule has 2 heterocycles. The number of anilines is 3. The maximum atomic E-state index is 4.42. The van der Waals surface area contributed by atoms with E-state index in [4.69, 9.17) is 0 Å². The molecule has 6 heteroatoms. The molecule has 6 nitrogen and oxygen atoms in total. The van der Waals surface area contributed by atoms with Crippen LogP contribution in [0.3, 0.4) is 0 Å². The number of aromatic nitrogens is 4. The maximum absolute atomic E-state index is 4.42. The number of rotatable bonds is 4. The zero-order chi connectivity index (χ0) is 16.7. The van der Waals surface area contributed by atoms with Gasteiger partial charge in [-0.05, 0) is 18.2 Å². The zero-order valence-corrected chi connectivity index (χ0v) is 13.9. The third kappa shape index (κ3) is 4.29. The van der Waals surface area contributed by atoms with Gasteiger partial charge in [0.05, 0.1) is 5.69 Å². The molecule has 0 bridgehead atoms. The second-order valence-electron chi connectivity index (χ2n) is 4.77. The van der Waals surface area contributed by atoms with E-state index in [1.807, 2.05) is 75.3 Å². The van der Waals surface area contributed by atoms with Crippen LogP contribution in [0.4, 0.5) is 17.5 Å². The highest BCUT2D eigenvalue weighted by Crippen LogP contribution is 2.15. The first kappa shape index (κ1) is 16.5. The SMILES string of the molecule is CC.CN(C)c1cc(-n2cnc(Nc3ccccc3)n2)ccn1. The molecule has 0 aliphatic heterocycles. The zero-order valence-electron chi connectivity index (χ0n) is 13.9. The Bertz CT molecular complexity index is 721. The van der Waals surface area contributed by atoms with E-state index in [2.05, 4.69) is 20.4 Å². The normalized spacial score (nSPS) is 9.74. The Hall–Kier alpha value is -2.89. The van der Waals surface area contributed by atoms with Crippen LogP contribution in [0.15, 0.2) is 55.0 Å². The van der Waals surface area contributed by atoms with E-state index in [0.717, 1.165) is 17.2 Å². The second-order valence-corrected chi connectivity index (χ2v) is 4.77. The Morgan fingerprint density at radius 1 is 1.00 bits per heavy atom. The fourth-order valence-electron chi connectivity index (χ4n) is 1.89. The Morgan fingerprint density at radius 3 is 2.43 bits per heavy atom. The lowest BCUT2D eigenvalue weighted by molar-refractivity contribution is 0.876. The van der Waals surface area contributed by atoms with Crippen LogP contribution in [-0.4, -0.2) is 33.8 Å². The highest BCUT2D eigenvalue weighted by molar-refractivity contribution is 5.52. The molecule has 0 aliphatic carbocycles. The molecule has 0 unspecified atom stereocenters. The van der Waals surface area contributed by atoms with Crippen molar-refractivity contribution in [1.82, 2.24) is 19.7 Å². The van der Waals surface area contributed by atoms with Crippen molar-refractivity contribution >= 4 is 17.5 Å². The first-order valence-electron chi connectivity index (χ1n) is 7.60. The van der Waals surface area contributed by atoms with Crippen LogP contribution in [0.2, 0.25) is 0 Å². The molecular formula is C17H22N6. The molecule has 0 amide bonds. The van der Waals surface area contributed by atoms with Gasteiger partial charge in [-0.25, -0.2) is 9.67 Å². The lowest BCUT2D eigenvalue weighted by Gasteiger charge is -2.11. The Morgan fingerprint density at radius 2 is 1.74 bits per heavy atom. The molecule has 3 aromatic rings. The van der Waals surface area contributed by atoms with Gasteiger partial charge in [0.15, 0.2) is 0 Å². The van der Waals surface area contributed by atoms with Crippen molar-refractivity contribution in [2.45, 2.75) is 13.8 Å². The first-order valence-corrected chi connectivity index (χ1v) is 7.60. The lowest BCUT2D eigenvalue weighted by Crippen LogP contribution is -2.11. The molecule has 2 aromatic heterocycles. The predicted octanol–water partition coefficient (Wildman–Crippen LogP) is 3.50. The molecule has 0 radical (unpaired) electrons. The van der Waals surface area contributed by atoms with Crippen molar-refractivity contribution in [1.29, 1.82) is 0 Å². The minimum absolute atomic E-state index is 0.560. The van der Waals surface area contributed by atoms with Gasteiger partial charge in [0.1, 0.15) is 12.1 Å². The van der Waals surface area contributed by atoms with Gasteiger partial charge < -0.3 is 10.2 Å². The van der Waals surface area contributed by atoms with Crippen LogP contribution >= 0.6 is 0 Å². The van der Waals surface area contributed by atoms with E-state index in [1.54, 1.807) is 17.2 Å². The molecule has 120 valence electrons. The van der Waals surface area contributed by atoms with Crippen LogP contribution in [0, 0.1) is 0 Å². The number of benzene rings is 1. The summed E-state index contributed by atoms with van der Waals surface area (Å²) in [4.78, 5) is 10.5. The third-order valence-electron chi connectivity index (χ3n) is 2.97. The van der Waals surface area contributed by atoms with Crippen molar-refractivity contribution in [2.75, 3.05) is 24.3 Å². The van der Waals surface area contributed by atoms with E-state index >= 15 is 0 Å². The molecule has 0 aliphatic rings. The average Bonchev–Trinajstić information content (AvgIpc) is 3.06. The Balaban J connectivity index is 0.000000924. The fourth-order valence-corrected chi connectivity index (χ4v) is 1.89. The average molecular weight is 310 g/mol. The van der Waals surface area contributed by atoms with Crippen molar-refractivity contribution in [3.8, 4) is 5.69 Å². The van der Waals surface area contributed by atoms with Crippen LogP contribution in [-0.2, 0) is 0 Å². The summed E-state index contributed by atoms with van der Waals surface area (Å²) in [6, 6.07) is 13.7. The molecule has 3 rings (SSSR count). The highest BCUT2D eigenvalue weighted by Gasteiger charge is 2.05.